The lowest BCUT2D eigenvalue weighted by atomic mass is 9.72. The minimum absolute atomic E-state index is 0.0195. The topological polar surface area (TPSA) is 263 Å². The zero-order valence-corrected chi connectivity index (χ0v) is 44.5. The van der Waals surface area contributed by atoms with E-state index in [0.29, 0.717) is 76.3 Å². The maximum absolute atomic E-state index is 15.3. The van der Waals surface area contributed by atoms with Gasteiger partial charge < -0.3 is 45.9 Å². The molecule has 9 rings (SSSR count). The fraction of sp³-hybridized carbons (Fsp3) is 0.526. The van der Waals surface area contributed by atoms with E-state index in [2.05, 4.69) is 52.3 Å². The minimum Gasteiger partial charge on any atom is -0.465 e. The Bertz CT molecular complexity index is 2900. The molecule has 0 radical (unpaired) electrons. The normalized spacial score (nSPS) is 24.4. The number of amides is 8. The molecular weight excluding hydrogens is 1010 g/mol. The van der Waals surface area contributed by atoms with Gasteiger partial charge in [-0.1, -0.05) is 69.7 Å². The first-order chi connectivity index (χ1) is 37.4. The van der Waals surface area contributed by atoms with Gasteiger partial charge in [-0.3, -0.25) is 48.1 Å². The van der Waals surface area contributed by atoms with Crippen molar-refractivity contribution in [2.75, 3.05) is 59.2 Å². The Morgan fingerprint density at radius 2 is 1.63 bits per heavy atom. The number of benzene rings is 2. The molecule has 0 bridgehead atoms. The number of hydrogen-bond acceptors (Lipinski definition) is 12. The number of halogens is 1. The number of hydrogen-bond donors (Lipinski definition) is 5. The predicted octanol–water partition coefficient (Wildman–Crippen LogP) is 3.09. The highest BCUT2D eigenvalue weighted by atomic mass is 19.1. The van der Waals surface area contributed by atoms with E-state index in [1.807, 2.05) is 11.0 Å². The number of carbonyl (C=O) groups excluding carboxylic acids is 9. The van der Waals surface area contributed by atoms with Crippen LogP contribution in [0, 0.1) is 53.7 Å². The number of ether oxygens (including phenoxy) is 2. The van der Waals surface area contributed by atoms with Gasteiger partial charge in [0.25, 0.3) is 5.91 Å². The number of rotatable bonds is 22. The van der Waals surface area contributed by atoms with Crippen molar-refractivity contribution >= 4 is 76.4 Å². The number of nitrogens with one attached hydrogen (secondary N) is 5. The molecule has 5 N–H and O–H groups in total. The monoisotopic (exact) mass is 1070 g/mol. The molecule has 1 saturated carbocycles. The third-order valence-electron chi connectivity index (χ3n) is 16.6. The van der Waals surface area contributed by atoms with Crippen LogP contribution in [0.3, 0.4) is 0 Å². The van der Waals surface area contributed by atoms with Crippen LogP contribution in [-0.2, 0) is 59.0 Å². The molecule has 6 unspecified atom stereocenters. The lowest BCUT2D eigenvalue weighted by molar-refractivity contribution is -0.157. The van der Waals surface area contributed by atoms with Crippen molar-refractivity contribution in [2.24, 2.45) is 50.9 Å². The second kappa shape index (κ2) is 23.7. The van der Waals surface area contributed by atoms with Crippen molar-refractivity contribution < 1.29 is 57.0 Å². The molecule has 8 amide bonds. The van der Waals surface area contributed by atoms with Crippen LogP contribution < -0.4 is 26.6 Å². The van der Waals surface area contributed by atoms with Crippen molar-refractivity contribution in [1.82, 2.24) is 36.4 Å². The SMILES string of the molecule is Cc1c(F)cc2c3c1C=CC(=NC(=O)COCNC(=O)CNC(=O)[C@H](Cc1ccccc1)NC(=O)CNC(=O)CNC(=O)CCCCCN1CC(C(C)(C)C4C[C@@H]4C)CC1=O)C3C1CN3C(=O)C4COC(=O)CC4C=C3C1=N2. The van der Waals surface area contributed by atoms with Crippen LogP contribution in [0.5, 0.6) is 0 Å². The van der Waals surface area contributed by atoms with Gasteiger partial charge >= 0.3 is 5.97 Å². The van der Waals surface area contributed by atoms with Gasteiger partial charge in [-0.15, -0.1) is 0 Å². The first-order valence-electron chi connectivity index (χ1n) is 27.0. The van der Waals surface area contributed by atoms with Gasteiger partial charge in [-0.25, -0.2) is 9.38 Å². The highest BCUT2D eigenvalue weighted by Crippen LogP contribution is 2.56. The number of allylic oxidation sites excluding steroid dienone is 3. The molecule has 7 aliphatic rings. The van der Waals surface area contributed by atoms with E-state index in [1.54, 1.807) is 54.3 Å². The van der Waals surface area contributed by atoms with E-state index in [0.717, 1.165) is 25.3 Å². The Labute approximate surface area is 451 Å². The van der Waals surface area contributed by atoms with Crippen molar-refractivity contribution in [3.8, 4) is 0 Å². The van der Waals surface area contributed by atoms with Crippen LogP contribution in [-0.4, -0.2) is 140 Å². The first-order valence-corrected chi connectivity index (χ1v) is 27.0. The Morgan fingerprint density at radius 3 is 2.40 bits per heavy atom. The van der Waals surface area contributed by atoms with Crippen LogP contribution in [0.15, 0.2) is 64.2 Å². The molecule has 2 aliphatic carbocycles. The minimum atomic E-state index is -1.14. The smallest absolute Gasteiger partial charge is 0.306 e. The average Bonchev–Trinajstić information content (AvgIpc) is 4.07. The van der Waals surface area contributed by atoms with Crippen LogP contribution in [0.4, 0.5) is 10.1 Å². The standard InChI is InChI=1S/C57H68FN9O11/c1-31-17-39(31)57(3,4)35-21-50(73)66(26-35)16-10-6-9-13-45(68)59-23-46(69)60-25-48(71)64-43(18-33-11-7-5-8-12-33)55(75)61-24-47(70)62-30-77-29-49(72)63-41-15-14-36-32(2)40(58)22-42-52(36)53(41)37-27-67-44(54(37)65-42)19-34-20-51(74)78-28-38(34)56(67)76/h5,7-8,11-12,14-15,19,22,31,34-35,37-39,43,53H,6,9-10,13,16-18,20-21,23-30H2,1-4H3,(H,59,68)(H,60,69)(H,61,75)(H,62,70)(H,64,71)/t31-,34?,35?,37?,38?,39?,43-,53?/m0/s1. The summed E-state index contributed by atoms with van der Waals surface area (Å²) >= 11 is 0. The molecular formula is C57H68FN9O11. The molecule has 4 fully saturated rings. The fourth-order valence-corrected chi connectivity index (χ4v) is 12.0. The van der Waals surface area contributed by atoms with Crippen LogP contribution in [0.25, 0.3) is 6.08 Å². The molecule has 5 aliphatic heterocycles. The van der Waals surface area contributed by atoms with Gasteiger partial charge in [0.05, 0.1) is 54.8 Å². The van der Waals surface area contributed by atoms with E-state index in [1.165, 1.54) is 12.5 Å². The second-order valence-corrected chi connectivity index (χ2v) is 22.2. The van der Waals surface area contributed by atoms with Crippen molar-refractivity contribution in [2.45, 2.75) is 91.0 Å². The summed E-state index contributed by atoms with van der Waals surface area (Å²) in [6, 6.07) is 9.06. The molecule has 3 saturated heterocycles. The fourth-order valence-electron chi connectivity index (χ4n) is 12.0. The average molecular weight is 1070 g/mol. The zero-order valence-electron chi connectivity index (χ0n) is 44.5. The van der Waals surface area contributed by atoms with Gasteiger partial charge in [-0.2, -0.15) is 0 Å². The van der Waals surface area contributed by atoms with Gasteiger partial charge in [-0.05, 0) is 77.7 Å². The summed E-state index contributed by atoms with van der Waals surface area (Å²) in [5.74, 6) is -4.59. The summed E-state index contributed by atoms with van der Waals surface area (Å²) in [5, 5.41) is 12.6. The Morgan fingerprint density at radius 1 is 0.897 bits per heavy atom. The number of carbonyl (C=O) groups is 9. The zero-order chi connectivity index (χ0) is 55.4. The summed E-state index contributed by atoms with van der Waals surface area (Å²) in [7, 11) is 0. The van der Waals surface area contributed by atoms with E-state index in [4.69, 9.17) is 14.5 Å². The number of unbranched alkanes of at least 4 members (excludes halogenated alkanes) is 2. The van der Waals surface area contributed by atoms with E-state index >= 15 is 4.39 Å². The molecule has 21 heteroatoms. The summed E-state index contributed by atoms with van der Waals surface area (Å²) in [4.78, 5) is 129. The Kier molecular flexibility index (Phi) is 16.8. The largest absolute Gasteiger partial charge is 0.465 e. The number of likely N-dealkylation sites (tertiary alicyclic amines) is 1. The number of esters is 1. The number of nitrogens with zero attached hydrogens (tertiary/aromatic N) is 4. The van der Waals surface area contributed by atoms with Crippen molar-refractivity contribution in [3.63, 3.8) is 0 Å². The van der Waals surface area contributed by atoms with Crippen LogP contribution >= 0.6 is 0 Å². The van der Waals surface area contributed by atoms with Crippen LogP contribution in [0.1, 0.15) is 93.9 Å². The van der Waals surface area contributed by atoms with E-state index < -0.39 is 91.5 Å². The highest BCUT2D eigenvalue weighted by Gasteiger charge is 2.53. The molecule has 2 aromatic rings. The Balaban J connectivity index is 0.695. The molecule has 0 aromatic heterocycles. The van der Waals surface area contributed by atoms with Gasteiger partial charge in [0, 0.05) is 62.7 Å². The molecule has 0 spiro atoms. The summed E-state index contributed by atoms with van der Waals surface area (Å²) in [5.41, 5.74) is 4.40. The lowest BCUT2D eigenvalue weighted by Gasteiger charge is -2.35. The highest BCUT2D eigenvalue weighted by molar-refractivity contribution is 6.19. The second-order valence-electron chi connectivity index (χ2n) is 22.2. The number of fused-ring (bicyclic) bond motifs is 5. The predicted molar refractivity (Wildman–Crippen MR) is 283 cm³/mol. The molecule has 5 heterocycles. The van der Waals surface area contributed by atoms with Gasteiger partial charge in [0.1, 0.15) is 31.8 Å². The number of aliphatic imine (C=N–C) groups is 2. The maximum atomic E-state index is 15.3. The molecule has 2 aromatic carbocycles. The van der Waals surface area contributed by atoms with Crippen LogP contribution in [0.2, 0.25) is 0 Å². The lowest BCUT2D eigenvalue weighted by Crippen LogP contribution is -2.52. The van der Waals surface area contributed by atoms with E-state index in [9.17, 15) is 43.2 Å². The van der Waals surface area contributed by atoms with Crippen molar-refractivity contribution in [3.05, 3.63) is 82.3 Å². The summed E-state index contributed by atoms with van der Waals surface area (Å²) < 4.78 is 25.9. The maximum Gasteiger partial charge on any atom is 0.306 e. The summed E-state index contributed by atoms with van der Waals surface area (Å²) in [6.45, 7) is 7.88. The van der Waals surface area contributed by atoms with Gasteiger partial charge in [0.15, 0.2) is 0 Å². The molecule has 78 heavy (non-hydrogen) atoms. The van der Waals surface area contributed by atoms with E-state index in [-0.39, 0.29) is 68.0 Å². The molecule has 20 nitrogen and oxygen atoms in total. The number of cyclic esters (lactones) is 1. The quantitative estimate of drug-likeness (QED) is 0.0650. The molecule has 414 valence electrons. The Hall–Kier alpha value is -7.42. The third-order valence-corrected chi connectivity index (χ3v) is 16.6. The molecule has 8 atom stereocenters. The van der Waals surface area contributed by atoms with Crippen molar-refractivity contribution in [1.29, 1.82) is 0 Å². The summed E-state index contributed by atoms with van der Waals surface area (Å²) in [6.07, 6.45) is 9.51. The first kappa shape index (κ1) is 55.3. The third kappa shape index (κ3) is 12.5. The van der Waals surface area contributed by atoms with Gasteiger partial charge in [0.2, 0.25) is 41.4 Å².